The van der Waals surface area contributed by atoms with Crippen LogP contribution in [-0.4, -0.2) is 6.17 Å². The van der Waals surface area contributed by atoms with Gasteiger partial charge in [-0.1, -0.05) is 53.9 Å². The third-order valence-corrected chi connectivity index (χ3v) is 3.85. The van der Waals surface area contributed by atoms with Gasteiger partial charge in [-0.2, -0.15) is 0 Å². The standard InChI is InChI=1S/C14H29F/c1-6-13(15)11-14(7-2,8-3)10-9-12(4)5/h12-13H,6-11H2,1-5H3. The second-order valence-corrected chi connectivity index (χ2v) is 5.35. The fourth-order valence-electron chi connectivity index (χ4n) is 2.20. The number of alkyl halides is 1. The molecule has 0 heterocycles. The first-order chi connectivity index (χ1) is 6.99. The van der Waals surface area contributed by atoms with E-state index < -0.39 is 6.17 Å². The van der Waals surface area contributed by atoms with Crippen molar-refractivity contribution in [2.45, 2.75) is 79.3 Å². The highest BCUT2D eigenvalue weighted by molar-refractivity contribution is 4.80. The van der Waals surface area contributed by atoms with Crippen LogP contribution < -0.4 is 0 Å². The van der Waals surface area contributed by atoms with Crippen LogP contribution in [0.1, 0.15) is 73.1 Å². The summed E-state index contributed by atoms with van der Waals surface area (Å²) >= 11 is 0. The van der Waals surface area contributed by atoms with E-state index in [1.165, 1.54) is 12.8 Å². The normalized spacial score (nSPS) is 14.6. The minimum atomic E-state index is -0.600. The molecule has 0 fully saturated rings. The van der Waals surface area contributed by atoms with Gasteiger partial charge in [-0.15, -0.1) is 0 Å². The van der Waals surface area contributed by atoms with Gasteiger partial charge in [-0.25, -0.2) is 4.39 Å². The quantitative estimate of drug-likeness (QED) is 0.512. The molecular weight excluding hydrogens is 187 g/mol. The summed E-state index contributed by atoms with van der Waals surface area (Å²) in [6.45, 7) is 10.9. The van der Waals surface area contributed by atoms with Gasteiger partial charge in [0.15, 0.2) is 0 Å². The summed E-state index contributed by atoms with van der Waals surface area (Å²) in [5.41, 5.74) is 0.264. The predicted molar refractivity (Wildman–Crippen MR) is 66.9 cm³/mol. The Labute approximate surface area is 95.6 Å². The van der Waals surface area contributed by atoms with Crippen LogP contribution in [-0.2, 0) is 0 Å². The molecule has 0 saturated heterocycles. The molecule has 0 aromatic rings. The lowest BCUT2D eigenvalue weighted by atomic mass is 9.73. The smallest absolute Gasteiger partial charge is 0.100 e. The Kier molecular flexibility index (Phi) is 7.21. The Hall–Kier alpha value is -0.0700. The Morgan fingerprint density at radius 3 is 1.93 bits per heavy atom. The molecule has 0 amide bonds. The molecule has 0 bridgehead atoms. The zero-order valence-corrected chi connectivity index (χ0v) is 11.3. The van der Waals surface area contributed by atoms with Crippen molar-refractivity contribution in [2.75, 3.05) is 0 Å². The molecule has 0 rings (SSSR count). The average Bonchev–Trinajstić information content (AvgIpc) is 2.24. The third kappa shape index (κ3) is 5.53. The van der Waals surface area contributed by atoms with E-state index in [9.17, 15) is 4.39 Å². The summed E-state index contributed by atoms with van der Waals surface area (Å²) < 4.78 is 13.5. The van der Waals surface area contributed by atoms with Gasteiger partial charge in [-0.3, -0.25) is 0 Å². The molecular formula is C14H29F. The van der Waals surface area contributed by atoms with Crippen LogP contribution in [0.5, 0.6) is 0 Å². The van der Waals surface area contributed by atoms with Crippen LogP contribution in [0.15, 0.2) is 0 Å². The van der Waals surface area contributed by atoms with Crippen LogP contribution in [0.25, 0.3) is 0 Å². The van der Waals surface area contributed by atoms with Crippen molar-refractivity contribution in [3.05, 3.63) is 0 Å². The molecule has 0 N–H and O–H groups in total. The summed E-state index contributed by atoms with van der Waals surface area (Å²) in [6, 6.07) is 0. The summed E-state index contributed by atoms with van der Waals surface area (Å²) in [4.78, 5) is 0. The van der Waals surface area contributed by atoms with Crippen molar-refractivity contribution < 1.29 is 4.39 Å². The maximum atomic E-state index is 13.5. The maximum Gasteiger partial charge on any atom is 0.100 e. The molecule has 1 heteroatoms. The van der Waals surface area contributed by atoms with Gasteiger partial charge in [0.2, 0.25) is 0 Å². The van der Waals surface area contributed by atoms with Crippen LogP contribution in [0.2, 0.25) is 0 Å². The number of halogens is 1. The van der Waals surface area contributed by atoms with Crippen LogP contribution in [0.4, 0.5) is 4.39 Å². The highest BCUT2D eigenvalue weighted by Crippen LogP contribution is 2.39. The van der Waals surface area contributed by atoms with E-state index >= 15 is 0 Å². The van der Waals surface area contributed by atoms with Gasteiger partial charge in [0.05, 0.1) is 0 Å². The summed E-state index contributed by atoms with van der Waals surface area (Å²) in [7, 11) is 0. The SMILES string of the molecule is CCC(F)CC(CC)(CC)CCC(C)C. The van der Waals surface area contributed by atoms with Crippen LogP contribution >= 0.6 is 0 Å². The van der Waals surface area contributed by atoms with Crippen molar-refractivity contribution >= 4 is 0 Å². The molecule has 0 aliphatic carbocycles. The van der Waals surface area contributed by atoms with Crippen LogP contribution in [0, 0.1) is 11.3 Å². The summed E-state index contributed by atoms with van der Waals surface area (Å²) in [6.07, 6.45) is 5.51. The van der Waals surface area contributed by atoms with Crippen molar-refractivity contribution in [1.29, 1.82) is 0 Å². The van der Waals surface area contributed by atoms with Crippen molar-refractivity contribution in [3.63, 3.8) is 0 Å². The molecule has 0 aliphatic rings. The first-order valence-corrected chi connectivity index (χ1v) is 6.63. The van der Waals surface area contributed by atoms with E-state index in [1.54, 1.807) is 0 Å². The van der Waals surface area contributed by atoms with Gasteiger partial charge in [0.25, 0.3) is 0 Å². The van der Waals surface area contributed by atoms with E-state index in [-0.39, 0.29) is 5.41 Å². The maximum absolute atomic E-state index is 13.5. The van der Waals surface area contributed by atoms with Crippen molar-refractivity contribution in [1.82, 2.24) is 0 Å². The fourth-order valence-corrected chi connectivity index (χ4v) is 2.20. The highest BCUT2D eigenvalue weighted by atomic mass is 19.1. The predicted octanol–water partition coefficient (Wildman–Crippen LogP) is 5.37. The number of rotatable bonds is 8. The topological polar surface area (TPSA) is 0 Å². The number of hydrogen-bond acceptors (Lipinski definition) is 0. The lowest BCUT2D eigenvalue weighted by Crippen LogP contribution is -2.24. The zero-order chi connectivity index (χ0) is 11.9. The molecule has 0 saturated carbocycles. The van der Waals surface area contributed by atoms with Crippen molar-refractivity contribution in [3.8, 4) is 0 Å². The summed E-state index contributed by atoms with van der Waals surface area (Å²) in [5.74, 6) is 0.738. The summed E-state index contributed by atoms with van der Waals surface area (Å²) in [5, 5.41) is 0. The van der Waals surface area contributed by atoms with Crippen molar-refractivity contribution in [2.24, 2.45) is 11.3 Å². The second kappa shape index (κ2) is 7.24. The van der Waals surface area contributed by atoms with Gasteiger partial charge in [0, 0.05) is 0 Å². The first kappa shape index (κ1) is 14.9. The number of hydrogen-bond donors (Lipinski definition) is 0. The average molecular weight is 216 g/mol. The molecule has 0 aromatic carbocycles. The molecule has 1 atom stereocenters. The first-order valence-electron chi connectivity index (χ1n) is 6.63. The molecule has 92 valence electrons. The fraction of sp³-hybridized carbons (Fsp3) is 1.00. The van der Waals surface area contributed by atoms with Crippen LogP contribution in [0.3, 0.4) is 0 Å². The van der Waals surface area contributed by atoms with E-state index in [4.69, 9.17) is 0 Å². The Bertz CT molecular complexity index is 147. The van der Waals surface area contributed by atoms with E-state index in [0.717, 1.165) is 25.2 Å². The van der Waals surface area contributed by atoms with E-state index in [1.807, 2.05) is 6.92 Å². The Balaban J connectivity index is 4.29. The largest absolute Gasteiger partial charge is 0.247 e. The van der Waals surface area contributed by atoms with Gasteiger partial charge >= 0.3 is 0 Å². The van der Waals surface area contributed by atoms with Gasteiger partial charge in [-0.05, 0) is 30.6 Å². The third-order valence-electron chi connectivity index (χ3n) is 3.85. The Morgan fingerprint density at radius 1 is 1.07 bits per heavy atom. The highest BCUT2D eigenvalue weighted by Gasteiger charge is 2.28. The molecule has 1 unspecified atom stereocenters. The molecule has 0 nitrogen and oxygen atoms in total. The molecule has 0 radical (unpaired) electrons. The van der Waals surface area contributed by atoms with Gasteiger partial charge in [0.1, 0.15) is 6.17 Å². The minimum absolute atomic E-state index is 0.264. The second-order valence-electron chi connectivity index (χ2n) is 5.35. The molecule has 0 spiro atoms. The molecule has 15 heavy (non-hydrogen) atoms. The molecule has 0 aromatic heterocycles. The minimum Gasteiger partial charge on any atom is -0.247 e. The van der Waals surface area contributed by atoms with E-state index in [2.05, 4.69) is 27.7 Å². The Morgan fingerprint density at radius 2 is 1.60 bits per heavy atom. The van der Waals surface area contributed by atoms with E-state index in [0.29, 0.717) is 6.42 Å². The van der Waals surface area contributed by atoms with Gasteiger partial charge < -0.3 is 0 Å². The lowest BCUT2D eigenvalue weighted by Gasteiger charge is -2.33. The zero-order valence-electron chi connectivity index (χ0n) is 11.3. The monoisotopic (exact) mass is 216 g/mol. The lowest BCUT2D eigenvalue weighted by molar-refractivity contribution is 0.137. The molecule has 0 aliphatic heterocycles.